The molecule has 0 saturated heterocycles. The quantitative estimate of drug-likeness (QED) is 0.436. The van der Waals surface area contributed by atoms with Gasteiger partial charge in [0, 0.05) is 0 Å². The van der Waals surface area contributed by atoms with E-state index in [1.54, 1.807) is 12.1 Å². The summed E-state index contributed by atoms with van der Waals surface area (Å²) in [6.45, 7) is 0. The van der Waals surface area contributed by atoms with Crippen LogP contribution in [-0.2, 0) is 14.4 Å². The molecule has 0 spiro atoms. The van der Waals surface area contributed by atoms with Crippen molar-refractivity contribution in [1.29, 1.82) is 0 Å². The zero-order valence-electron chi connectivity index (χ0n) is 8.18. The molecular formula is C10H4ClNO5. The number of carbonyl (C=O) groups excluding carboxylic acids is 4. The van der Waals surface area contributed by atoms with Gasteiger partial charge in [-0.1, -0.05) is 17.2 Å². The summed E-state index contributed by atoms with van der Waals surface area (Å²) in [5.74, 6) is -3.10. The van der Waals surface area contributed by atoms with E-state index in [1.165, 1.54) is 12.1 Å². The Balaban J connectivity index is 2.31. The first kappa shape index (κ1) is 11.3. The minimum Gasteiger partial charge on any atom is -0.320 e. The predicted molar refractivity (Wildman–Crippen MR) is 53.9 cm³/mol. The predicted octanol–water partition coefficient (Wildman–Crippen LogP) is 0.506. The van der Waals surface area contributed by atoms with E-state index in [1.807, 2.05) is 0 Å². The van der Waals surface area contributed by atoms with Crippen molar-refractivity contribution in [2.24, 2.45) is 0 Å². The standard InChI is InChI=1S/C10H4ClNO5/c11-7(13)10(16)17-12-8(14)5-3-1-2-4-6(5)9(12)15/h1-4H. The number of hydrogen-bond donors (Lipinski definition) is 0. The number of amides is 2. The SMILES string of the molecule is O=C(Cl)C(=O)ON1C(=O)c2ccccc2C1=O. The lowest BCUT2D eigenvalue weighted by Crippen LogP contribution is -2.34. The zero-order valence-corrected chi connectivity index (χ0v) is 8.93. The fourth-order valence-electron chi connectivity index (χ4n) is 1.37. The van der Waals surface area contributed by atoms with Gasteiger partial charge in [-0.05, 0) is 23.7 Å². The molecule has 0 aliphatic carbocycles. The first-order chi connectivity index (χ1) is 8.02. The monoisotopic (exact) mass is 253 g/mol. The molecule has 1 aliphatic rings. The van der Waals surface area contributed by atoms with Crippen molar-refractivity contribution in [3.63, 3.8) is 0 Å². The van der Waals surface area contributed by atoms with Gasteiger partial charge in [0.2, 0.25) is 0 Å². The molecule has 0 atom stereocenters. The van der Waals surface area contributed by atoms with E-state index in [0.717, 1.165) is 0 Å². The Kier molecular flexibility index (Phi) is 2.64. The van der Waals surface area contributed by atoms with Crippen LogP contribution < -0.4 is 0 Å². The van der Waals surface area contributed by atoms with E-state index in [2.05, 4.69) is 4.84 Å². The van der Waals surface area contributed by atoms with E-state index >= 15 is 0 Å². The van der Waals surface area contributed by atoms with Crippen LogP contribution in [0.5, 0.6) is 0 Å². The first-order valence-electron chi connectivity index (χ1n) is 4.42. The Morgan fingerprint density at radius 1 is 1.06 bits per heavy atom. The van der Waals surface area contributed by atoms with Crippen molar-refractivity contribution in [1.82, 2.24) is 5.06 Å². The molecule has 1 aliphatic heterocycles. The smallest absolute Gasteiger partial charge is 0.320 e. The highest BCUT2D eigenvalue weighted by atomic mass is 35.5. The number of rotatable bonds is 2. The van der Waals surface area contributed by atoms with Crippen LogP contribution in [0.1, 0.15) is 20.7 Å². The molecule has 1 heterocycles. The zero-order chi connectivity index (χ0) is 12.6. The van der Waals surface area contributed by atoms with Gasteiger partial charge in [-0.25, -0.2) is 4.79 Å². The minimum atomic E-state index is -1.49. The van der Waals surface area contributed by atoms with Crippen LogP contribution in [0.2, 0.25) is 0 Å². The summed E-state index contributed by atoms with van der Waals surface area (Å²) < 4.78 is 0. The lowest BCUT2D eigenvalue weighted by atomic mass is 10.1. The first-order valence-corrected chi connectivity index (χ1v) is 4.79. The molecule has 7 heteroatoms. The largest absolute Gasteiger partial charge is 0.416 e. The summed E-state index contributed by atoms with van der Waals surface area (Å²) in [5, 5.41) is -1.20. The average molecular weight is 254 g/mol. The Labute approximate surface area is 99.7 Å². The Morgan fingerprint density at radius 2 is 1.53 bits per heavy atom. The Morgan fingerprint density at radius 3 is 1.94 bits per heavy atom. The summed E-state index contributed by atoms with van der Waals surface area (Å²) in [4.78, 5) is 48.9. The summed E-state index contributed by atoms with van der Waals surface area (Å²) in [6.07, 6.45) is 0. The molecule has 0 bridgehead atoms. The minimum absolute atomic E-state index is 0.104. The Bertz CT molecular complexity index is 518. The van der Waals surface area contributed by atoms with Crippen LogP contribution in [0.15, 0.2) is 24.3 Å². The molecule has 1 aromatic rings. The summed E-state index contributed by atoms with van der Waals surface area (Å²) in [5.41, 5.74) is 0.208. The fourth-order valence-corrected chi connectivity index (χ4v) is 1.40. The lowest BCUT2D eigenvalue weighted by Gasteiger charge is -2.10. The lowest BCUT2D eigenvalue weighted by molar-refractivity contribution is -0.170. The molecular weight excluding hydrogens is 250 g/mol. The van der Waals surface area contributed by atoms with Crippen LogP contribution in [0.4, 0.5) is 0 Å². The van der Waals surface area contributed by atoms with Crippen LogP contribution in [0.3, 0.4) is 0 Å². The van der Waals surface area contributed by atoms with Gasteiger partial charge >= 0.3 is 11.2 Å². The molecule has 6 nitrogen and oxygen atoms in total. The Hall–Kier alpha value is -2.21. The maximum atomic E-state index is 11.6. The summed E-state index contributed by atoms with van der Waals surface area (Å²) >= 11 is 4.85. The van der Waals surface area contributed by atoms with Gasteiger partial charge in [-0.3, -0.25) is 14.4 Å². The number of benzene rings is 1. The molecule has 0 radical (unpaired) electrons. The molecule has 0 N–H and O–H groups in total. The third kappa shape index (κ3) is 1.78. The van der Waals surface area contributed by atoms with Crippen molar-refractivity contribution in [2.75, 3.05) is 0 Å². The van der Waals surface area contributed by atoms with Gasteiger partial charge < -0.3 is 4.84 Å². The van der Waals surface area contributed by atoms with E-state index in [-0.39, 0.29) is 16.2 Å². The van der Waals surface area contributed by atoms with Crippen LogP contribution in [-0.4, -0.2) is 28.1 Å². The topological polar surface area (TPSA) is 80.8 Å². The van der Waals surface area contributed by atoms with Gasteiger partial charge in [0.1, 0.15) is 0 Å². The van der Waals surface area contributed by atoms with Gasteiger partial charge in [-0.15, -0.1) is 0 Å². The highest BCUT2D eigenvalue weighted by molar-refractivity contribution is 6.80. The van der Waals surface area contributed by atoms with Crippen LogP contribution in [0, 0.1) is 0 Å². The van der Waals surface area contributed by atoms with E-state index in [4.69, 9.17) is 11.6 Å². The normalized spacial score (nSPS) is 13.6. The van der Waals surface area contributed by atoms with E-state index in [0.29, 0.717) is 0 Å². The van der Waals surface area contributed by atoms with Crippen molar-refractivity contribution < 1.29 is 24.0 Å². The van der Waals surface area contributed by atoms with Gasteiger partial charge in [0.05, 0.1) is 11.1 Å². The molecule has 0 fully saturated rings. The number of carbonyl (C=O) groups is 4. The number of hydrogen-bond acceptors (Lipinski definition) is 5. The number of halogens is 1. The highest BCUT2D eigenvalue weighted by Gasteiger charge is 2.39. The van der Waals surface area contributed by atoms with Crippen molar-refractivity contribution in [3.05, 3.63) is 35.4 Å². The molecule has 2 rings (SSSR count). The van der Waals surface area contributed by atoms with Crippen LogP contribution in [0.25, 0.3) is 0 Å². The van der Waals surface area contributed by atoms with Crippen LogP contribution >= 0.6 is 11.6 Å². The maximum Gasteiger partial charge on any atom is 0.416 e. The molecule has 1 aromatic carbocycles. The van der Waals surface area contributed by atoms with Gasteiger partial charge in [-0.2, -0.15) is 0 Å². The number of hydroxylamine groups is 2. The van der Waals surface area contributed by atoms with Crippen molar-refractivity contribution in [2.45, 2.75) is 0 Å². The number of fused-ring (bicyclic) bond motifs is 1. The van der Waals surface area contributed by atoms with Gasteiger partial charge in [0.25, 0.3) is 11.8 Å². The van der Waals surface area contributed by atoms with E-state index < -0.39 is 23.0 Å². The fraction of sp³-hybridized carbons (Fsp3) is 0. The van der Waals surface area contributed by atoms with Gasteiger partial charge in [0.15, 0.2) is 0 Å². The molecule has 86 valence electrons. The average Bonchev–Trinajstić information content (AvgIpc) is 2.55. The maximum absolute atomic E-state index is 11.6. The molecule has 0 saturated carbocycles. The second-order valence-electron chi connectivity index (χ2n) is 3.10. The third-order valence-corrected chi connectivity index (χ3v) is 2.25. The molecule has 0 unspecified atom stereocenters. The highest BCUT2D eigenvalue weighted by Crippen LogP contribution is 2.22. The number of imide groups is 1. The summed E-state index contributed by atoms with van der Waals surface area (Å²) in [6, 6.07) is 5.93. The van der Waals surface area contributed by atoms with Crippen molar-refractivity contribution >= 4 is 34.6 Å². The summed E-state index contributed by atoms with van der Waals surface area (Å²) in [7, 11) is 0. The third-order valence-electron chi connectivity index (χ3n) is 2.09. The van der Waals surface area contributed by atoms with Crippen molar-refractivity contribution in [3.8, 4) is 0 Å². The van der Waals surface area contributed by atoms with E-state index in [9.17, 15) is 19.2 Å². The second-order valence-corrected chi connectivity index (χ2v) is 3.45. The number of nitrogens with zero attached hydrogens (tertiary/aromatic N) is 1. The molecule has 2 amide bonds. The molecule has 0 aromatic heterocycles. The second kappa shape index (κ2) is 3.99. The molecule has 17 heavy (non-hydrogen) atoms.